The Kier molecular flexibility index (Phi) is 3.33. The first-order valence-electron chi connectivity index (χ1n) is 6.86. The largest absolute Gasteiger partial charge is 0.455 e. The molecule has 2 nitrogen and oxygen atoms in total. The number of hydrogen-bond donors (Lipinski definition) is 0. The number of nitrogens with zero attached hydrogens (tertiary/aromatic N) is 1. The van der Waals surface area contributed by atoms with E-state index in [1.54, 1.807) is 6.08 Å². The molecular formula is C19H15NO. The fourth-order valence-electron chi connectivity index (χ4n) is 2.51. The summed E-state index contributed by atoms with van der Waals surface area (Å²) in [6, 6.07) is 18.3. The normalized spacial score (nSPS) is 11.6. The summed E-state index contributed by atoms with van der Waals surface area (Å²) in [5.41, 5.74) is 4.99. The molecule has 0 radical (unpaired) electrons. The second kappa shape index (κ2) is 5.30. The molecule has 0 saturated carbocycles. The smallest absolute Gasteiger partial charge is 0.142 e. The van der Waals surface area contributed by atoms with Gasteiger partial charge in [-0.1, -0.05) is 48.0 Å². The van der Waals surface area contributed by atoms with E-state index in [-0.39, 0.29) is 0 Å². The zero-order chi connectivity index (χ0) is 14.8. The van der Waals surface area contributed by atoms with Crippen LogP contribution in [-0.4, -0.2) is 0 Å². The van der Waals surface area contributed by atoms with Crippen molar-refractivity contribution >= 4 is 16.5 Å². The van der Waals surface area contributed by atoms with Gasteiger partial charge in [-0.25, -0.2) is 0 Å². The van der Waals surface area contributed by atoms with Crippen molar-refractivity contribution < 1.29 is 4.42 Å². The van der Waals surface area contributed by atoms with Gasteiger partial charge in [0.1, 0.15) is 11.3 Å². The number of nitriles is 1. The van der Waals surface area contributed by atoms with Gasteiger partial charge in [-0.3, -0.25) is 0 Å². The van der Waals surface area contributed by atoms with Gasteiger partial charge in [-0.05, 0) is 25.5 Å². The Bertz CT molecular complexity index is 861. The van der Waals surface area contributed by atoms with Crippen LogP contribution in [0, 0.1) is 18.3 Å². The Morgan fingerprint density at radius 2 is 1.81 bits per heavy atom. The Labute approximate surface area is 123 Å². The molecule has 0 bridgehead atoms. The number of fused-ring (bicyclic) bond motifs is 1. The van der Waals surface area contributed by atoms with Gasteiger partial charge < -0.3 is 4.42 Å². The minimum Gasteiger partial charge on any atom is -0.455 e. The highest BCUT2D eigenvalue weighted by Gasteiger charge is 2.16. The molecule has 0 N–H and O–H groups in total. The first-order chi connectivity index (χ1) is 10.2. The molecule has 0 aliphatic rings. The minimum absolute atomic E-state index is 0.820. The van der Waals surface area contributed by atoms with Crippen molar-refractivity contribution in [1.29, 1.82) is 5.26 Å². The van der Waals surface area contributed by atoms with Crippen molar-refractivity contribution in [2.75, 3.05) is 0 Å². The maximum Gasteiger partial charge on any atom is 0.142 e. The third-order valence-corrected chi connectivity index (χ3v) is 3.58. The van der Waals surface area contributed by atoms with E-state index in [1.807, 2.05) is 31.2 Å². The van der Waals surface area contributed by atoms with Crippen LogP contribution in [0.5, 0.6) is 0 Å². The average Bonchev–Trinajstić information content (AvgIpc) is 2.87. The summed E-state index contributed by atoms with van der Waals surface area (Å²) >= 11 is 0. The van der Waals surface area contributed by atoms with Gasteiger partial charge in [0.25, 0.3) is 0 Å². The standard InChI is InChI=1S/C19H15NO/c1-13-7-9-15(10-8-13)19-18(14(2)11-12-20)16-5-3-4-6-17(16)21-19/h3-11H,1-2H3/b14-11+. The summed E-state index contributed by atoms with van der Waals surface area (Å²) in [5.74, 6) is 0.820. The summed E-state index contributed by atoms with van der Waals surface area (Å²) in [6.45, 7) is 4.00. The van der Waals surface area contributed by atoms with E-state index < -0.39 is 0 Å². The van der Waals surface area contributed by atoms with E-state index in [0.717, 1.165) is 33.4 Å². The SMILES string of the molecule is C/C(=C\C#N)c1c(-c2ccc(C)cc2)oc2ccccc12. The fourth-order valence-corrected chi connectivity index (χ4v) is 2.51. The topological polar surface area (TPSA) is 36.9 Å². The molecule has 0 fully saturated rings. The number of hydrogen-bond acceptors (Lipinski definition) is 2. The number of benzene rings is 2. The Balaban J connectivity index is 2.32. The molecule has 0 amide bonds. The second-order valence-corrected chi connectivity index (χ2v) is 5.12. The summed E-state index contributed by atoms with van der Waals surface area (Å²) in [5, 5.41) is 9.99. The molecule has 0 spiro atoms. The summed E-state index contributed by atoms with van der Waals surface area (Å²) in [7, 11) is 0. The molecule has 2 aromatic carbocycles. The Morgan fingerprint density at radius 1 is 1.10 bits per heavy atom. The molecular weight excluding hydrogens is 258 g/mol. The molecule has 0 unspecified atom stereocenters. The molecule has 102 valence electrons. The quantitative estimate of drug-likeness (QED) is 0.591. The summed E-state index contributed by atoms with van der Waals surface area (Å²) in [6.07, 6.45) is 1.56. The van der Waals surface area contributed by atoms with Crippen LogP contribution in [0.4, 0.5) is 0 Å². The molecule has 3 aromatic rings. The molecule has 3 rings (SSSR count). The maximum atomic E-state index is 8.95. The molecule has 0 atom stereocenters. The number of rotatable bonds is 2. The Hall–Kier alpha value is -2.79. The second-order valence-electron chi connectivity index (χ2n) is 5.12. The first-order valence-corrected chi connectivity index (χ1v) is 6.86. The lowest BCUT2D eigenvalue weighted by Crippen LogP contribution is -1.83. The molecule has 2 heteroatoms. The predicted octanol–water partition coefficient (Wildman–Crippen LogP) is 5.34. The third kappa shape index (κ3) is 2.34. The van der Waals surface area contributed by atoms with E-state index in [1.165, 1.54) is 5.56 Å². The van der Waals surface area contributed by atoms with Gasteiger partial charge in [-0.2, -0.15) is 5.26 Å². The van der Waals surface area contributed by atoms with Crippen LogP contribution >= 0.6 is 0 Å². The summed E-state index contributed by atoms with van der Waals surface area (Å²) in [4.78, 5) is 0. The minimum atomic E-state index is 0.820. The molecule has 0 aliphatic carbocycles. The molecule has 21 heavy (non-hydrogen) atoms. The number of aryl methyl sites for hydroxylation is 1. The first kappa shape index (κ1) is 13.2. The number of allylic oxidation sites excluding steroid dienone is 2. The van der Waals surface area contributed by atoms with Gasteiger partial charge in [0.2, 0.25) is 0 Å². The van der Waals surface area contributed by atoms with E-state index in [0.29, 0.717) is 0 Å². The van der Waals surface area contributed by atoms with Gasteiger partial charge in [-0.15, -0.1) is 0 Å². The molecule has 1 aromatic heterocycles. The zero-order valence-electron chi connectivity index (χ0n) is 12.1. The summed E-state index contributed by atoms with van der Waals surface area (Å²) < 4.78 is 6.04. The van der Waals surface area contributed by atoms with E-state index in [4.69, 9.17) is 9.68 Å². The van der Waals surface area contributed by atoms with Gasteiger partial charge >= 0.3 is 0 Å². The number of furan rings is 1. The third-order valence-electron chi connectivity index (χ3n) is 3.58. The van der Waals surface area contributed by atoms with Crippen molar-refractivity contribution in [2.45, 2.75) is 13.8 Å². The average molecular weight is 273 g/mol. The van der Waals surface area contributed by atoms with Crippen LogP contribution in [0.25, 0.3) is 27.9 Å². The van der Waals surface area contributed by atoms with E-state index in [2.05, 4.69) is 37.3 Å². The lowest BCUT2D eigenvalue weighted by molar-refractivity contribution is 0.630. The highest BCUT2D eigenvalue weighted by atomic mass is 16.3. The van der Waals surface area contributed by atoms with Gasteiger partial charge in [0.15, 0.2) is 0 Å². The predicted molar refractivity (Wildman–Crippen MR) is 85.7 cm³/mol. The van der Waals surface area contributed by atoms with Crippen molar-refractivity contribution in [3.63, 3.8) is 0 Å². The molecule has 0 saturated heterocycles. The van der Waals surface area contributed by atoms with E-state index >= 15 is 0 Å². The monoisotopic (exact) mass is 273 g/mol. The van der Waals surface area contributed by atoms with Crippen molar-refractivity contribution in [2.24, 2.45) is 0 Å². The number of para-hydroxylation sites is 1. The van der Waals surface area contributed by atoms with Crippen LogP contribution in [0.3, 0.4) is 0 Å². The van der Waals surface area contributed by atoms with Crippen LogP contribution in [-0.2, 0) is 0 Å². The van der Waals surface area contributed by atoms with Gasteiger partial charge in [0, 0.05) is 22.6 Å². The Morgan fingerprint density at radius 3 is 2.52 bits per heavy atom. The van der Waals surface area contributed by atoms with Crippen LogP contribution in [0.2, 0.25) is 0 Å². The lowest BCUT2D eigenvalue weighted by Gasteiger charge is -2.03. The maximum absolute atomic E-state index is 8.95. The van der Waals surface area contributed by atoms with Crippen LogP contribution in [0.1, 0.15) is 18.1 Å². The molecule has 0 aliphatic heterocycles. The lowest BCUT2D eigenvalue weighted by atomic mass is 9.99. The van der Waals surface area contributed by atoms with Crippen molar-refractivity contribution in [1.82, 2.24) is 0 Å². The highest BCUT2D eigenvalue weighted by Crippen LogP contribution is 2.37. The fraction of sp³-hybridized carbons (Fsp3) is 0.105. The van der Waals surface area contributed by atoms with Crippen LogP contribution in [0.15, 0.2) is 59.0 Å². The van der Waals surface area contributed by atoms with Crippen molar-refractivity contribution in [3.05, 3.63) is 65.7 Å². The zero-order valence-corrected chi connectivity index (χ0v) is 12.1. The van der Waals surface area contributed by atoms with Gasteiger partial charge in [0.05, 0.1) is 6.07 Å². The van der Waals surface area contributed by atoms with E-state index in [9.17, 15) is 0 Å². The molecule has 1 heterocycles. The van der Waals surface area contributed by atoms with Crippen LogP contribution < -0.4 is 0 Å². The highest BCUT2D eigenvalue weighted by molar-refractivity contribution is 5.97. The van der Waals surface area contributed by atoms with Crippen molar-refractivity contribution in [3.8, 4) is 17.4 Å².